The average molecular weight is 381 g/mol. The van der Waals surface area contributed by atoms with E-state index in [1.165, 1.54) is 13.2 Å². The molecule has 0 aliphatic carbocycles. The lowest BCUT2D eigenvalue weighted by atomic mass is 10.1. The Morgan fingerprint density at radius 2 is 1.82 bits per heavy atom. The van der Waals surface area contributed by atoms with Crippen LogP contribution in [0.5, 0.6) is 5.75 Å². The second-order valence-corrected chi connectivity index (χ2v) is 6.16. The van der Waals surface area contributed by atoms with Crippen LogP contribution in [0.3, 0.4) is 0 Å². The number of rotatable bonds is 6. The molecule has 0 aliphatic rings. The molecule has 2 aromatic carbocycles. The standard InChI is InChI=1S/C21H19NO6/c1-13-9-20(24)28-18-10-16(7-8-17(13)18)27-12-19(23)22-11-14-3-5-15(6-4-14)21(25)26-2/h3-10H,11-12H2,1-2H3,(H,22,23). The van der Waals surface area contributed by atoms with Gasteiger partial charge in [0.15, 0.2) is 6.61 Å². The Hall–Kier alpha value is -3.61. The van der Waals surface area contributed by atoms with Crippen molar-refractivity contribution in [2.75, 3.05) is 13.7 Å². The van der Waals surface area contributed by atoms with E-state index >= 15 is 0 Å². The highest BCUT2D eigenvalue weighted by Gasteiger charge is 2.08. The number of esters is 1. The van der Waals surface area contributed by atoms with Gasteiger partial charge >= 0.3 is 11.6 Å². The van der Waals surface area contributed by atoms with Crippen molar-refractivity contribution in [3.8, 4) is 5.75 Å². The molecular weight excluding hydrogens is 362 g/mol. The van der Waals surface area contributed by atoms with Crippen LogP contribution in [-0.4, -0.2) is 25.6 Å². The summed E-state index contributed by atoms with van der Waals surface area (Å²) in [5.74, 6) is -0.285. The second-order valence-electron chi connectivity index (χ2n) is 6.16. The Labute approximate surface area is 160 Å². The average Bonchev–Trinajstić information content (AvgIpc) is 2.70. The van der Waals surface area contributed by atoms with Crippen LogP contribution in [0.2, 0.25) is 0 Å². The van der Waals surface area contributed by atoms with Crippen molar-refractivity contribution in [1.82, 2.24) is 5.32 Å². The zero-order chi connectivity index (χ0) is 20.1. The van der Waals surface area contributed by atoms with Crippen LogP contribution in [0.4, 0.5) is 0 Å². The molecule has 0 saturated heterocycles. The molecule has 0 bridgehead atoms. The number of nitrogens with one attached hydrogen (secondary N) is 1. The Balaban J connectivity index is 1.55. The number of amides is 1. The molecule has 0 unspecified atom stereocenters. The first-order valence-electron chi connectivity index (χ1n) is 8.57. The third-order valence-corrected chi connectivity index (χ3v) is 4.16. The largest absolute Gasteiger partial charge is 0.484 e. The molecular formula is C21H19NO6. The fraction of sp³-hybridized carbons (Fsp3) is 0.190. The van der Waals surface area contributed by atoms with Crippen LogP contribution in [-0.2, 0) is 16.1 Å². The van der Waals surface area contributed by atoms with Crippen molar-refractivity contribution in [3.05, 3.63) is 75.6 Å². The van der Waals surface area contributed by atoms with E-state index in [4.69, 9.17) is 9.15 Å². The minimum absolute atomic E-state index is 0.179. The van der Waals surface area contributed by atoms with Crippen LogP contribution in [0.15, 0.2) is 57.7 Å². The zero-order valence-corrected chi connectivity index (χ0v) is 15.5. The van der Waals surface area contributed by atoms with Gasteiger partial charge in [-0.15, -0.1) is 0 Å². The molecule has 28 heavy (non-hydrogen) atoms. The minimum atomic E-state index is -0.432. The minimum Gasteiger partial charge on any atom is -0.484 e. The van der Waals surface area contributed by atoms with Crippen molar-refractivity contribution >= 4 is 22.8 Å². The van der Waals surface area contributed by atoms with Crippen molar-refractivity contribution in [2.45, 2.75) is 13.5 Å². The van der Waals surface area contributed by atoms with Gasteiger partial charge in [0, 0.05) is 24.1 Å². The van der Waals surface area contributed by atoms with Gasteiger partial charge in [-0.25, -0.2) is 9.59 Å². The van der Waals surface area contributed by atoms with E-state index in [-0.39, 0.29) is 12.5 Å². The molecule has 1 heterocycles. The number of ether oxygens (including phenoxy) is 2. The summed E-state index contributed by atoms with van der Waals surface area (Å²) in [6, 6.07) is 13.2. The van der Waals surface area contributed by atoms with Crippen molar-refractivity contribution in [2.24, 2.45) is 0 Å². The third kappa shape index (κ3) is 4.56. The predicted octanol–water partition coefficient (Wildman–Crippen LogP) is 2.58. The summed E-state index contributed by atoms with van der Waals surface area (Å²) in [6.45, 7) is 1.95. The fourth-order valence-electron chi connectivity index (χ4n) is 2.67. The van der Waals surface area contributed by atoms with Gasteiger partial charge in [-0.2, -0.15) is 0 Å². The van der Waals surface area contributed by atoms with E-state index in [0.717, 1.165) is 16.5 Å². The highest BCUT2D eigenvalue weighted by atomic mass is 16.5. The molecule has 0 fully saturated rings. The van der Waals surface area contributed by atoms with Crippen molar-refractivity contribution < 1.29 is 23.5 Å². The molecule has 1 aromatic heterocycles. The van der Waals surface area contributed by atoms with Gasteiger partial charge in [0.25, 0.3) is 5.91 Å². The second kappa shape index (κ2) is 8.39. The Kier molecular flexibility index (Phi) is 5.74. The first-order valence-corrected chi connectivity index (χ1v) is 8.57. The summed E-state index contributed by atoms with van der Waals surface area (Å²) < 4.78 is 15.3. The third-order valence-electron chi connectivity index (χ3n) is 4.16. The van der Waals surface area contributed by atoms with E-state index in [2.05, 4.69) is 10.1 Å². The van der Waals surface area contributed by atoms with Crippen LogP contribution in [0.1, 0.15) is 21.5 Å². The van der Waals surface area contributed by atoms with Gasteiger partial charge in [-0.3, -0.25) is 4.79 Å². The van der Waals surface area contributed by atoms with Crippen LogP contribution in [0.25, 0.3) is 11.0 Å². The molecule has 7 nitrogen and oxygen atoms in total. The lowest BCUT2D eigenvalue weighted by Gasteiger charge is -2.09. The molecule has 144 valence electrons. The Bertz CT molecular complexity index is 1070. The number of carbonyl (C=O) groups is 2. The molecule has 0 saturated carbocycles. The smallest absolute Gasteiger partial charge is 0.337 e. The first kappa shape index (κ1) is 19.2. The monoisotopic (exact) mass is 381 g/mol. The Morgan fingerprint density at radius 3 is 2.54 bits per heavy atom. The van der Waals surface area contributed by atoms with Crippen LogP contribution >= 0.6 is 0 Å². The van der Waals surface area contributed by atoms with Gasteiger partial charge in [0.1, 0.15) is 11.3 Å². The van der Waals surface area contributed by atoms with Gasteiger partial charge in [0.05, 0.1) is 12.7 Å². The zero-order valence-electron chi connectivity index (χ0n) is 15.5. The molecule has 0 radical (unpaired) electrons. The van der Waals surface area contributed by atoms with Crippen LogP contribution in [0, 0.1) is 6.92 Å². The Morgan fingerprint density at radius 1 is 1.07 bits per heavy atom. The first-order chi connectivity index (χ1) is 13.5. The van der Waals surface area contributed by atoms with E-state index in [0.29, 0.717) is 23.4 Å². The lowest BCUT2D eigenvalue weighted by Crippen LogP contribution is -2.28. The molecule has 0 spiro atoms. The number of aryl methyl sites for hydroxylation is 1. The lowest BCUT2D eigenvalue weighted by molar-refractivity contribution is -0.123. The molecule has 3 rings (SSSR count). The maximum Gasteiger partial charge on any atom is 0.337 e. The quantitative estimate of drug-likeness (QED) is 0.521. The highest BCUT2D eigenvalue weighted by Crippen LogP contribution is 2.22. The predicted molar refractivity (Wildman–Crippen MR) is 102 cm³/mol. The summed E-state index contributed by atoms with van der Waals surface area (Å²) >= 11 is 0. The fourth-order valence-corrected chi connectivity index (χ4v) is 2.67. The van der Waals surface area contributed by atoms with E-state index in [1.807, 2.05) is 6.92 Å². The summed E-state index contributed by atoms with van der Waals surface area (Å²) in [5, 5.41) is 3.55. The maximum absolute atomic E-state index is 12.0. The van der Waals surface area contributed by atoms with Crippen LogP contribution < -0.4 is 15.7 Å². The molecule has 0 aliphatic heterocycles. The van der Waals surface area contributed by atoms with E-state index < -0.39 is 11.6 Å². The van der Waals surface area contributed by atoms with Gasteiger partial charge < -0.3 is 19.2 Å². The number of fused-ring (bicyclic) bond motifs is 1. The summed E-state index contributed by atoms with van der Waals surface area (Å²) in [5.41, 5.74) is 2.07. The number of hydrogen-bond acceptors (Lipinski definition) is 6. The molecule has 7 heteroatoms. The summed E-state index contributed by atoms with van der Waals surface area (Å²) in [4.78, 5) is 34.9. The summed E-state index contributed by atoms with van der Waals surface area (Å²) in [7, 11) is 1.32. The molecule has 1 N–H and O–H groups in total. The highest BCUT2D eigenvalue weighted by molar-refractivity contribution is 5.89. The van der Waals surface area contributed by atoms with Crippen molar-refractivity contribution in [1.29, 1.82) is 0 Å². The molecule has 3 aromatic rings. The maximum atomic E-state index is 12.0. The summed E-state index contributed by atoms with van der Waals surface area (Å²) in [6.07, 6.45) is 0. The van der Waals surface area contributed by atoms with Gasteiger partial charge in [0.2, 0.25) is 0 Å². The van der Waals surface area contributed by atoms with Gasteiger partial charge in [-0.1, -0.05) is 12.1 Å². The number of carbonyl (C=O) groups excluding carboxylic acids is 2. The van der Waals surface area contributed by atoms with Crippen molar-refractivity contribution in [3.63, 3.8) is 0 Å². The normalized spacial score (nSPS) is 10.5. The van der Waals surface area contributed by atoms with Gasteiger partial charge in [-0.05, 0) is 42.3 Å². The molecule has 0 atom stereocenters. The van der Waals surface area contributed by atoms with E-state index in [9.17, 15) is 14.4 Å². The number of benzene rings is 2. The number of methoxy groups -OCH3 is 1. The SMILES string of the molecule is COC(=O)c1ccc(CNC(=O)COc2ccc3c(C)cc(=O)oc3c2)cc1. The van der Waals surface area contributed by atoms with E-state index in [1.54, 1.807) is 42.5 Å². The molecule has 1 amide bonds. The number of hydrogen-bond donors (Lipinski definition) is 1. The topological polar surface area (TPSA) is 94.8 Å².